The largest absolute Gasteiger partial charge is 0.270 e. The molecule has 2 N–H and O–H groups in total. The number of hydrogen-bond acceptors (Lipinski definition) is 4. The molecule has 0 saturated heterocycles. The summed E-state index contributed by atoms with van der Waals surface area (Å²) in [6, 6.07) is 0. The molecule has 0 amide bonds. The van der Waals surface area contributed by atoms with Crippen molar-refractivity contribution in [3.05, 3.63) is 0 Å². The highest BCUT2D eigenvalue weighted by Crippen LogP contribution is 1.72. The second-order valence-electron chi connectivity index (χ2n) is 1.16. The maximum atomic E-state index is 4.95. The van der Waals surface area contributed by atoms with Crippen LogP contribution in [0.25, 0.3) is 0 Å². The highest BCUT2D eigenvalue weighted by Gasteiger charge is 1.91. The third-order valence-corrected chi connectivity index (χ3v) is 0.664. The molecule has 9 heavy (non-hydrogen) atoms. The second kappa shape index (κ2) is 8.13. The minimum atomic E-state index is 0. The van der Waals surface area contributed by atoms with Crippen LogP contribution in [0.4, 0.5) is 0 Å². The van der Waals surface area contributed by atoms with Crippen LogP contribution >= 0.6 is 12.4 Å². The van der Waals surface area contributed by atoms with E-state index in [-0.39, 0.29) is 12.4 Å². The van der Waals surface area contributed by atoms with E-state index in [0.717, 1.165) is 0 Å². The predicted octanol–water partition coefficient (Wildman–Crippen LogP) is -0.0695. The van der Waals surface area contributed by atoms with Crippen LogP contribution in [0.15, 0.2) is 0 Å². The molecule has 0 aromatic rings. The highest BCUT2D eigenvalue weighted by atomic mass is 35.5. The van der Waals surface area contributed by atoms with Crippen molar-refractivity contribution in [2.45, 2.75) is 6.92 Å². The molecule has 0 fully saturated rings. The van der Waals surface area contributed by atoms with Crippen molar-refractivity contribution in [3.63, 3.8) is 0 Å². The van der Waals surface area contributed by atoms with E-state index in [2.05, 4.69) is 10.9 Å². The molecular formula is C4H14ClN3O. The molecule has 0 heterocycles. The van der Waals surface area contributed by atoms with Gasteiger partial charge in [0.15, 0.2) is 0 Å². The molecule has 0 aromatic carbocycles. The van der Waals surface area contributed by atoms with Gasteiger partial charge in [0.25, 0.3) is 0 Å². The third-order valence-electron chi connectivity index (χ3n) is 0.664. The molecule has 4 nitrogen and oxygen atoms in total. The van der Waals surface area contributed by atoms with Crippen molar-refractivity contribution < 1.29 is 4.84 Å². The van der Waals surface area contributed by atoms with Gasteiger partial charge in [0.05, 0.1) is 6.61 Å². The van der Waals surface area contributed by atoms with Crippen LogP contribution < -0.4 is 10.9 Å². The van der Waals surface area contributed by atoms with Crippen molar-refractivity contribution in [2.24, 2.45) is 0 Å². The molecule has 58 valence electrons. The summed E-state index contributed by atoms with van der Waals surface area (Å²) in [5, 5.41) is 1.43. The molecule has 0 aromatic heterocycles. The van der Waals surface area contributed by atoms with E-state index in [4.69, 9.17) is 4.84 Å². The lowest BCUT2D eigenvalue weighted by atomic mass is 10.9. The summed E-state index contributed by atoms with van der Waals surface area (Å²) in [6.07, 6.45) is 0. The van der Waals surface area contributed by atoms with Crippen molar-refractivity contribution in [1.29, 1.82) is 0 Å². The zero-order valence-electron chi connectivity index (χ0n) is 5.97. The molecule has 0 radical (unpaired) electrons. The number of nitrogens with zero attached hydrogens (tertiary/aromatic N) is 1. The predicted molar refractivity (Wildman–Crippen MR) is 38.8 cm³/mol. The monoisotopic (exact) mass is 155 g/mol. The fraction of sp³-hybridized carbons (Fsp3) is 1.00. The summed E-state index contributed by atoms with van der Waals surface area (Å²) in [5.74, 6) is 0. The van der Waals surface area contributed by atoms with Gasteiger partial charge in [-0.15, -0.1) is 12.4 Å². The number of nitrogens with one attached hydrogen (secondary N) is 2. The summed E-state index contributed by atoms with van der Waals surface area (Å²) >= 11 is 0. The number of hydrazine groups is 2. The summed E-state index contributed by atoms with van der Waals surface area (Å²) in [7, 11) is 3.54. The average Bonchev–Trinajstić information content (AvgIpc) is 1.83. The Bertz CT molecular complexity index is 51.1. The topological polar surface area (TPSA) is 36.5 Å². The minimum Gasteiger partial charge on any atom is -0.270 e. The maximum Gasteiger partial charge on any atom is 0.0688 e. The van der Waals surface area contributed by atoms with Crippen LogP contribution in [0.5, 0.6) is 0 Å². The number of halogens is 1. The first-order valence-electron chi connectivity index (χ1n) is 2.63. The second-order valence-corrected chi connectivity index (χ2v) is 1.16. The Morgan fingerprint density at radius 3 is 1.89 bits per heavy atom. The standard InChI is InChI=1S/C4H13N3O.ClH/c1-4-8-7(5-2)6-3;/h5-6H,4H2,1-3H3;1H. The Hall–Kier alpha value is 0.130. The van der Waals surface area contributed by atoms with E-state index in [1.807, 2.05) is 6.92 Å². The smallest absolute Gasteiger partial charge is 0.0688 e. The van der Waals surface area contributed by atoms with E-state index in [9.17, 15) is 0 Å². The summed E-state index contributed by atoms with van der Waals surface area (Å²) in [5.41, 5.74) is 5.51. The van der Waals surface area contributed by atoms with Gasteiger partial charge in [-0.25, -0.2) is 10.9 Å². The van der Waals surface area contributed by atoms with E-state index < -0.39 is 0 Å². The Morgan fingerprint density at radius 1 is 1.33 bits per heavy atom. The van der Waals surface area contributed by atoms with Crippen LogP contribution in [-0.2, 0) is 4.84 Å². The van der Waals surface area contributed by atoms with Crippen molar-refractivity contribution in [1.82, 2.24) is 16.1 Å². The van der Waals surface area contributed by atoms with Crippen LogP contribution in [0.2, 0.25) is 0 Å². The summed E-state index contributed by atoms with van der Waals surface area (Å²) in [4.78, 5) is 4.95. The first-order valence-corrected chi connectivity index (χ1v) is 2.63. The minimum absolute atomic E-state index is 0. The fourth-order valence-corrected chi connectivity index (χ4v) is 0.370. The van der Waals surface area contributed by atoms with Gasteiger partial charge in [-0.2, -0.15) is 0 Å². The Morgan fingerprint density at radius 2 is 1.78 bits per heavy atom. The van der Waals surface area contributed by atoms with Gasteiger partial charge in [0.1, 0.15) is 0 Å². The number of rotatable bonds is 4. The zero-order valence-corrected chi connectivity index (χ0v) is 6.79. The SMILES string of the molecule is CCON(NC)NC.Cl. The van der Waals surface area contributed by atoms with Gasteiger partial charge in [-0.1, -0.05) is 5.28 Å². The van der Waals surface area contributed by atoms with Gasteiger partial charge < -0.3 is 0 Å². The Balaban J connectivity index is 0. The van der Waals surface area contributed by atoms with Crippen LogP contribution in [0.1, 0.15) is 6.92 Å². The average molecular weight is 156 g/mol. The molecule has 0 unspecified atom stereocenters. The van der Waals surface area contributed by atoms with E-state index in [1.54, 1.807) is 14.1 Å². The third kappa shape index (κ3) is 6.01. The molecule has 0 aliphatic carbocycles. The number of hydrogen-bond donors (Lipinski definition) is 2. The van der Waals surface area contributed by atoms with Gasteiger partial charge in [0.2, 0.25) is 0 Å². The van der Waals surface area contributed by atoms with Crippen molar-refractivity contribution >= 4 is 12.4 Å². The van der Waals surface area contributed by atoms with Crippen LogP contribution in [0.3, 0.4) is 0 Å². The van der Waals surface area contributed by atoms with E-state index >= 15 is 0 Å². The lowest BCUT2D eigenvalue weighted by molar-refractivity contribution is -0.219. The molecule has 0 aliphatic heterocycles. The Kier molecular flexibility index (Phi) is 10.7. The summed E-state index contributed by atoms with van der Waals surface area (Å²) < 4.78 is 0. The van der Waals surface area contributed by atoms with Gasteiger partial charge in [0, 0.05) is 14.1 Å². The quantitative estimate of drug-likeness (QED) is 0.558. The van der Waals surface area contributed by atoms with Gasteiger partial charge in [-0.05, 0) is 6.92 Å². The molecule has 0 bridgehead atoms. The molecule has 0 atom stereocenters. The maximum absolute atomic E-state index is 4.95. The normalized spacial score (nSPS) is 9.33. The summed E-state index contributed by atoms with van der Waals surface area (Å²) in [6.45, 7) is 2.57. The van der Waals surface area contributed by atoms with Crippen molar-refractivity contribution in [2.75, 3.05) is 20.7 Å². The Labute approximate surface area is 61.9 Å². The van der Waals surface area contributed by atoms with E-state index in [1.165, 1.54) is 5.28 Å². The fourth-order valence-electron chi connectivity index (χ4n) is 0.370. The molecule has 5 heteroatoms. The molecule has 0 rings (SSSR count). The lowest BCUT2D eigenvalue weighted by Crippen LogP contribution is -2.43. The highest BCUT2D eigenvalue weighted by molar-refractivity contribution is 5.85. The molecule has 0 spiro atoms. The van der Waals surface area contributed by atoms with Crippen LogP contribution in [0, 0.1) is 0 Å². The van der Waals surface area contributed by atoms with Gasteiger partial charge in [-0.3, -0.25) is 4.84 Å². The molecule has 0 saturated carbocycles. The van der Waals surface area contributed by atoms with Crippen LogP contribution in [-0.4, -0.2) is 26.0 Å². The molecule has 0 aliphatic rings. The zero-order chi connectivity index (χ0) is 6.41. The first kappa shape index (κ1) is 11.9. The van der Waals surface area contributed by atoms with Crippen molar-refractivity contribution in [3.8, 4) is 0 Å². The first-order chi connectivity index (χ1) is 3.85. The van der Waals surface area contributed by atoms with E-state index in [0.29, 0.717) is 6.61 Å². The van der Waals surface area contributed by atoms with Gasteiger partial charge >= 0.3 is 0 Å². The molecular weight excluding hydrogens is 142 g/mol. The lowest BCUT2D eigenvalue weighted by Gasteiger charge is -2.16.